The van der Waals surface area contributed by atoms with Crippen molar-refractivity contribution in [2.24, 2.45) is 0 Å². The molecule has 0 radical (unpaired) electrons. The van der Waals surface area contributed by atoms with E-state index in [1.165, 1.54) is 12.1 Å². The Hall–Kier alpha value is -1.66. The molecule has 1 aromatic rings. The molecule has 0 aromatic heterocycles. The summed E-state index contributed by atoms with van der Waals surface area (Å²) in [6, 6.07) is 5.99. The Morgan fingerprint density at radius 1 is 1.33 bits per heavy atom. The van der Waals surface area contributed by atoms with Crippen LogP contribution in [0.25, 0.3) is 0 Å². The molecule has 1 aromatic carbocycles. The summed E-state index contributed by atoms with van der Waals surface area (Å²) in [6.45, 7) is 6.31. The molecule has 0 atom stereocenters. The predicted molar refractivity (Wildman–Crippen MR) is 83.7 cm³/mol. The molecule has 2 N–H and O–H groups in total. The number of carbonyl (C=O) groups is 1. The van der Waals surface area contributed by atoms with Crippen LogP contribution in [-0.2, 0) is 10.0 Å². The Labute approximate surface area is 126 Å². The van der Waals surface area contributed by atoms with Crippen LogP contribution < -0.4 is 10.0 Å². The lowest BCUT2D eigenvalue weighted by Gasteiger charge is -2.08. The zero-order chi connectivity index (χ0) is 15.7. The minimum atomic E-state index is -3.57. The molecule has 0 saturated carbocycles. The second-order valence-corrected chi connectivity index (χ2v) is 6.40. The average Bonchev–Trinajstić information content (AvgIpc) is 2.49. The minimum absolute atomic E-state index is 0.102. The number of nitrogens with one attached hydrogen (secondary N) is 2. The number of carbonyl (C=O) groups excluding carboxylic acids is 1. The van der Waals surface area contributed by atoms with Crippen LogP contribution in [-0.4, -0.2) is 27.4 Å². The van der Waals surface area contributed by atoms with Gasteiger partial charge in [0.1, 0.15) is 0 Å². The van der Waals surface area contributed by atoms with E-state index in [1.807, 2.05) is 0 Å². The van der Waals surface area contributed by atoms with E-state index >= 15 is 0 Å². The smallest absolute Gasteiger partial charge is 0.251 e. The highest BCUT2D eigenvalue weighted by Gasteiger charge is 2.15. The van der Waals surface area contributed by atoms with Crippen LogP contribution in [0.3, 0.4) is 0 Å². The maximum absolute atomic E-state index is 12.1. The lowest BCUT2D eigenvalue weighted by Crippen LogP contribution is -2.26. The third-order valence-corrected chi connectivity index (χ3v) is 4.34. The van der Waals surface area contributed by atoms with Crippen LogP contribution in [0.1, 0.15) is 36.5 Å². The summed E-state index contributed by atoms with van der Waals surface area (Å²) < 4.78 is 26.8. The SMILES string of the molecule is C=CCNC(=O)c1cccc(S(=O)(=O)NCCCCC)c1. The van der Waals surface area contributed by atoms with Gasteiger partial charge in [-0.05, 0) is 24.6 Å². The van der Waals surface area contributed by atoms with E-state index in [2.05, 4.69) is 23.5 Å². The van der Waals surface area contributed by atoms with Crippen LogP contribution in [0.5, 0.6) is 0 Å². The van der Waals surface area contributed by atoms with E-state index < -0.39 is 10.0 Å². The molecule has 0 unspecified atom stereocenters. The zero-order valence-corrected chi connectivity index (χ0v) is 13.1. The molecule has 0 aliphatic rings. The first kappa shape index (κ1) is 17.4. The van der Waals surface area contributed by atoms with E-state index in [9.17, 15) is 13.2 Å². The first-order chi connectivity index (χ1) is 10.0. The lowest BCUT2D eigenvalue weighted by atomic mass is 10.2. The summed E-state index contributed by atoms with van der Waals surface area (Å²) in [5.41, 5.74) is 0.313. The van der Waals surface area contributed by atoms with Crippen LogP contribution in [0, 0.1) is 0 Å². The monoisotopic (exact) mass is 310 g/mol. The minimum Gasteiger partial charge on any atom is -0.349 e. The molecule has 1 rings (SSSR count). The summed E-state index contributed by atoms with van der Waals surface area (Å²) in [4.78, 5) is 11.9. The topological polar surface area (TPSA) is 75.3 Å². The molecule has 21 heavy (non-hydrogen) atoms. The second-order valence-electron chi connectivity index (χ2n) is 4.63. The molecule has 0 bridgehead atoms. The summed E-state index contributed by atoms with van der Waals surface area (Å²) in [7, 11) is -3.57. The Morgan fingerprint density at radius 3 is 2.76 bits per heavy atom. The highest BCUT2D eigenvalue weighted by atomic mass is 32.2. The normalized spacial score (nSPS) is 11.1. The number of hydrogen-bond donors (Lipinski definition) is 2. The van der Waals surface area contributed by atoms with Gasteiger partial charge in [-0.25, -0.2) is 13.1 Å². The van der Waals surface area contributed by atoms with Gasteiger partial charge in [0.25, 0.3) is 5.91 Å². The second kappa shape index (κ2) is 8.59. The van der Waals surface area contributed by atoms with Crippen LogP contribution in [0.15, 0.2) is 41.8 Å². The molecule has 6 heteroatoms. The van der Waals surface area contributed by atoms with Crippen molar-refractivity contribution < 1.29 is 13.2 Å². The van der Waals surface area contributed by atoms with Crippen LogP contribution >= 0.6 is 0 Å². The molecule has 116 valence electrons. The largest absolute Gasteiger partial charge is 0.349 e. The van der Waals surface area contributed by atoms with Gasteiger partial charge in [0.05, 0.1) is 4.90 Å². The maximum Gasteiger partial charge on any atom is 0.251 e. The van der Waals surface area contributed by atoms with Gasteiger partial charge in [-0.3, -0.25) is 4.79 Å². The Bertz CT molecular complexity index is 582. The third-order valence-electron chi connectivity index (χ3n) is 2.89. The molecule has 0 aliphatic heterocycles. The van der Waals surface area contributed by atoms with Gasteiger partial charge in [0.15, 0.2) is 0 Å². The molecular formula is C15H22N2O3S. The Morgan fingerprint density at radius 2 is 2.10 bits per heavy atom. The van der Waals surface area contributed by atoms with Gasteiger partial charge in [0, 0.05) is 18.7 Å². The fourth-order valence-corrected chi connectivity index (χ4v) is 2.86. The average molecular weight is 310 g/mol. The lowest BCUT2D eigenvalue weighted by molar-refractivity contribution is 0.0958. The van der Waals surface area contributed by atoms with E-state index in [-0.39, 0.29) is 10.8 Å². The van der Waals surface area contributed by atoms with Crippen molar-refractivity contribution in [2.45, 2.75) is 31.1 Å². The first-order valence-corrected chi connectivity index (χ1v) is 8.48. The number of sulfonamides is 1. The summed E-state index contributed by atoms with van der Waals surface area (Å²) in [6.07, 6.45) is 4.37. The molecule has 1 amide bonds. The Balaban J connectivity index is 2.78. The van der Waals surface area contributed by atoms with E-state index in [0.717, 1.165) is 19.3 Å². The zero-order valence-electron chi connectivity index (χ0n) is 12.3. The van der Waals surface area contributed by atoms with Gasteiger partial charge in [-0.2, -0.15) is 0 Å². The van der Waals surface area contributed by atoms with Crippen molar-refractivity contribution in [2.75, 3.05) is 13.1 Å². The quantitative estimate of drug-likeness (QED) is 0.541. The van der Waals surface area contributed by atoms with Crippen molar-refractivity contribution in [3.05, 3.63) is 42.5 Å². The molecular weight excluding hydrogens is 288 g/mol. The molecule has 5 nitrogen and oxygen atoms in total. The fraction of sp³-hybridized carbons (Fsp3) is 0.400. The van der Waals surface area contributed by atoms with E-state index in [0.29, 0.717) is 18.7 Å². The third kappa shape index (κ3) is 5.69. The van der Waals surface area contributed by atoms with Crippen molar-refractivity contribution in [1.29, 1.82) is 0 Å². The van der Waals surface area contributed by atoms with Crippen LogP contribution in [0.4, 0.5) is 0 Å². The fourth-order valence-electron chi connectivity index (χ4n) is 1.74. The van der Waals surface area contributed by atoms with Gasteiger partial charge in [0.2, 0.25) is 10.0 Å². The number of rotatable bonds is 9. The number of hydrogen-bond acceptors (Lipinski definition) is 3. The van der Waals surface area contributed by atoms with E-state index in [1.54, 1.807) is 18.2 Å². The summed E-state index contributed by atoms with van der Waals surface area (Å²) >= 11 is 0. The Kier molecular flexibility index (Phi) is 7.11. The highest BCUT2D eigenvalue weighted by molar-refractivity contribution is 7.89. The molecule has 0 heterocycles. The number of unbranched alkanes of at least 4 members (excludes halogenated alkanes) is 2. The predicted octanol–water partition coefficient (Wildman–Crippen LogP) is 2.07. The molecule has 0 fully saturated rings. The van der Waals surface area contributed by atoms with Gasteiger partial charge < -0.3 is 5.32 Å². The van der Waals surface area contributed by atoms with Crippen molar-refractivity contribution in [1.82, 2.24) is 10.0 Å². The van der Waals surface area contributed by atoms with Crippen molar-refractivity contribution in [3.8, 4) is 0 Å². The molecule has 0 saturated heterocycles. The maximum atomic E-state index is 12.1. The van der Waals surface area contributed by atoms with Crippen LogP contribution in [0.2, 0.25) is 0 Å². The van der Waals surface area contributed by atoms with Crippen molar-refractivity contribution >= 4 is 15.9 Å². The highest BCUT2D eigenvalue weighted by Crippen LogP contribution is 2.11. The first-order valence-electron chi connectivity index (χ1n) is 7.00. The molecule has 0 aliphatic carbocycles. The standard InChI is InChI=1S/C15H22N2O3S/c1-3-5-6-11-17-21(19,20)14-9-7-8-13(12-14)15(18)16-10-4-2/h4,7-9,12,17H,2-3,5-6,10-11H2,1H3,(H,16,18). The van der Waals surface area contributed by atoms with Crippen molar-refractivity contribution in [3.63, 3.8) is 0 Å². The summed E-state index contributed by atoms with van der Waals surface area (Å²) in [5, 5.41) is 2.61. The summed E-state index contributed by atoms with van der Waals surface area (Å²) in [5.74, 6) is -0.321. The van der Waals surface area contributed by atoms with Gasteiger partial charge >= 0.3 is 0 Å². The number of benzene rings is 1. The van der Waals surface area contributed by atoms with E-state index in [4.69, 9.17) is 0 Å². The van der Waals surface area contributed by atoms with Gasteiger partial charge in [-0.15, -0.1) is 6.58 Å². The number of amides is 1. The molecule has 0 spiro atoms. The van der Waals surface area contributed by atoms with Gasteiger partial charge in [-0.1, -0.05) is 31.9 Å².